The summed E-state index contributed by atoms with van der Waals surface area (Å²) >= 11 is 0. The number of aryl methyl sites for hydroxylation is 2. The van der Waals surface area contributed by atoms with E-state index < -0.39 is 5.60 Å². The first-order valence-corrected chi connectivity index (χ1v) is 7.60. The van der Waals surface area contributed by atoms with Gasteiger partial charge in [0.15, 0.2) is 0 Å². The Hall–Kier alpha value is -2.59. The van der Waals surface area contributed by atoms with Gasteiger partial charge in [0.1, 0.15) is 5.60 Å². The monoisotopic (exact) mass is 308 g/mol. The van der Waals surface area contributed by atoms with Crippen LogP contribution < -0.4 is 5.56 Å². The average molecular weight is 308 g/mol. The molecule has 4 heteroatoms. The van der Waals surface area contributed by atoms with E-state index in [1.54, 1.807) is 7.05 Å². The molecule has 0 radical (unpaired) electrons. The van der Waals surface area contributed by atoms with E-state index in [1.165, 1.54) is 4.68 Å². The molecule has 4 nitrogen and oxygen atoms in total. The van der Waals surface area contributed by atoms with Gasteiger partial charge in [0.05, 0.1) is 0 Å². The quantitative estimate of drug-likeness (QED) is 0.778. The molecule has 0 spiro atoms. The SMILES string of the molecule is Cc1[nH]n(C)c(=O)c1CC(O)(c1ccccc1)c1ccccc1. The molecule has 3 rings (SSSR count). The van der Waals surface area contributed by atoms with Gasteiger partial charge in [-0.3, -0.25) is 14.6 Å². The van der Waals surface area contributed by atoms with Crippen molar-refractivity contribution in [3.63, 3.8) is 0 Å². The zero-order valence-corrected chi connectivity index (χ0v) is 13.3. The molecule has 1 aromatic heterocycles. The van der Waals surface area contributed by atoms with Gasteiger partial charge in [-0.25, -0.2) is 0 Å². The second-order valence-corrected chi connectivity index (χ2v) is 5.85. The van der Waals surface area contributed by atoms with Crippen molar-refractivity contribution in [2.45, 2.75) is 18.9 Å². The van der Waals surface area contributed by atoms with E-state index in [4.69, 9.17) is 0 Å². The summed E-state index contributed by atoms with van der Waals surface area (Å²) in [6.07, 6.45) is 0.225. The third-order valence-corrected chi connectivity index (χ3v) is 4.29. The highest BCUT2D eigenvalue weighted by Gasteiger charge is 2.33. The summed E-state index contributed by atoms with van der Waals surface area (Å²) in [5.74, 6) is 0. The van der Waals surface area contributed by atoms with Crippen LogP contribution in [0.15, 0.2) is 65.5 Å². The van der Waals surface area contributed by atoms with E-state index in [2.05, 4.69) is 5.10 Å². The van der Waals surface area contributed by atoms with Crippen LogP contribution in [0.5, 0.6) is 0 Å². The number of H-pyrrole nitrogens is 1. The lowest BCUT2D eigenvalue weighted by atomic mass is 9.81. The van der Waals surface area contributed by atoms with Crippen LogP contribution >= 0.6 is 0 Å². The molecule has 0 aliphatic heterocycles. The van der Waals surface area contributed by atoms with Gasteiger partial charge in [-0.05, 0) is 18.1 Å². The molecule has 0 unspecified atom stereocenters. The van der Waals surface area contributed by atoms with E-state index >= 15 is 0 Å². The van der Waals surface area contributed by atoms with Gasteiger partial charge in [-0.15, -0.1) is 0 Å². The molecule has 0 fully saturated rings. The lowest BCUT2D eigenvalue weighted by Gasteiger charge is -2.29. The Morgan fingerprint density at radius 1 is 1.00 bits per heavy atom. The minimum absolute atomic E-state index is 0.104. The number of aromatic nitrogens is 2. The molecule has 0 amide bonds. The predicted molar refractivity (Wildman–Crippen MR) is 90.4 cm³/mol. The zero-order chi connectivity index (χ0) is 16.4. The molecule has 118 valence electrons. The summed E-state index contributed by atoms with van der Waals surface area (Å²) < 4.78 is 1.45. The van der Waals surface area contributed by atoms with E-state index in [-0.39, 0.29) is 12.0 Å². The van der Waals surface area contributed by atoms with E-state index in [0.29, 0.717) is 5.56 Å². The second kappa shape index (κ2) is 5.89. The van der Waals surface area contributed by atoms with Crippen LogP contribution in [-0.2, 0) is 19.1 Å². The second-order valence-electron chi connectivity index (χ2n) is 5.85. The van der Waals surface area contributed by atoms with Crippen LogP contribution in [0.3, 0.4) is 0 Å². The Kier molecular flexibility index (Phi) is 3.92. The number of nitrogens with zero attached hydrogens (tertiary/aromatic N) is 1. The molecule has 1 heterocycles. The number of aromatic amines is 1. The summed E-state index contributed by atoms with van der Waals surface area (Å²) in [5.41, 5.74) is 1.57. The van der Waals surface area contributed by atoms with Gasteiger partial charge in [-0.1, -0.05) is 60.7 Å². The number of hydrogen-bond donors (Lipinski definition) is 2. The van der Waals surface area contributed by atoms with Gasteiger partial charge in [0, 0.05) is 24.7 Å². The number of rotatable bonds is 4. The van der Waals surface area contributed by atoms with Crippen LogP contribution in [0.4, 0.5) is 0 Å². The van der Waals surface area contributed by atoms with E-state index in [9.17, 15) is 9.90 Å². The van der Waals surface area contributed by atoms with Crippen LogP contribution in [0.1, 0.15) is 22.4 Å². The van der Waals surface area contributed by atoms with Crippen molar-refractivity contribution >= 4 is 0 Å². The molecule has 0 atom stereocenters. The maximum absolute atomic E-state index is 12.4. The van der Waals surface area contributed by atoms with Gasteiger partial charge in [0.2, 0.25) is 0 Å². The predicted octanol–water partition coefficient (Wildman–Crippen LogP) is 2.50. The molecule has 2 aromatic carbocycles. The first-order chi connectivity index (χ1) is 11.0. The van der Waals surface area contributed by atoms with Gasteiger partial charge >= 0.3 is 0 Å². The Balaban J connectivity index is 2.15. The van der Waals surface area contributed by atoms with Gasteiger partial charge in [0.25, 0.3) is 5.56 Å². The van der Waals surface area contributed by atoms with Crippen LogP contribution in [-0.4, -0.2) is 14.9 Å². The number of aliphatic hydroxyl groups is 1. The lowest BCUT2D eigenvalue weighted by molar-refractivity contribution is 0.0807. The number of nitrogens with one attached hydrogen (secondary N) is 1. The molecule has 23 heavy (non-hydrogen) atoms. The molecular weight excluding hydrogens is 288 g/mol. The average Bonchev–Trinajstić information content (AvgIpc) is 2.82. The maximum Gasteiger partial charge on any atom is 0.269 e. The fourth-order valence-corrected chi connectivity index (χ4v) is 3.00. The third-order valence-electron chi connectivity index (χ3n) is 4.29. The highest BCUT2D eigenvalue weighted by atomic mass is 16.3. The molecule has 0 aliphatic carbocycles. The van der Waals surface area contributed by atoms with Crippen LogP contribution in [0.2, 0.25) is 0 Å². The fraction of sp³-hybridized carbons (Fsp3) is 0.211. The van der Waals surface area contributed by atoms with Crippen LogP contribution in [0.25, 0.3) is 0 Å². The van der Waals surface area contributed by atoms with Crippen molar-refractivity contribution in [1.82, 2.24) is 9.78 Å². The molecule has 0 saturated heterocycles. The first kappa shape index (κ1) is 15.3. The molecule has 0 bridgehead atoms. The zero-order valence-electron chi connectivity index (χ0n) is 13.3. The minimum atomic E-state index is -1.25. The van der Waals surface area contributed by atoms with Crippen molar-refractivity contribution in [1.29, 1.82) is 0 Å². The smallest absolute Gasteiger partial charge is 0.269 e. The topological polar surface area (TPSA) is 58.0 Å². The number of benzene rings is 2. The van der Waals surface area contributed by atoms with Crippen molar-refractivity contribution in [2.75, 3.05) is 0 Å². The highest BCUT2D eigenvalue weighted by Crippen LogP contribution is 2.32. The Morgan fingerprint density at radius 3 is 1.87 bits per heavy atom. The van der Waals surface area contributed by atoms with Crippen molar-refractivity contribution in [3.05, 3.63) is 93.4 Å². The largest absolute Gasteiger partial charge is 0.380 e. The van der Waals surface area contributed by atoms with E-state index in [1.807, 2.05) is 67.6 Å². The summed E-state index contributed by atoms with van der Waals surface area (Å²) in [6, 6.07) is 19.0. The normalized spacial score (nSPS) is 11.6. The summed E-state index contributed by atoms with van der Waals surface area (Å²) in [5, 5.41) is 14.5. The van der Waals surface area contributed by atoms with Crippen molar-refractivity contribution < 1.29 is 5.11 Å². The van der Waals surface area contributed by atoms with Crippen LogP contribution in [0, 0.1) is 6.92 Å². The van der Waals surface area contributed by atoms with Crippen molar-refractivity contribution in [2.24, 2.45) is 7.05 Å². The van der Waals surface area contributed by atoms with E-state index in [0.717, 1.165) is 16.8 Å². The Labute approximate surface area is 135 Å². The molecule has 3 aromatic rings. The molecule has 2 N–H and O–H groups in total. The molecule has 0 saturated carbocycles. The molecular formula is C19H20N2O2. The third kappa shape index (κ3) is 2.73. The fourth-order valence-electron chi connectivity index (χ4n) is 3.00. The standard InChI is InChI=1S/C19H20N2O2/c1-14-17(18(22)21(2)20-14)13-19(23,15-9-5-3-6-10-15)16-11-7-4-8-12-16/h3-12,20,23H,13H2,1-2H3. The number of hydrogen-bond acceptors (Lipinski definition) is 2. The Morgan fingerprint density at radius 2 is 1.48 bits per heavy atom. The van der Waals surface area contributed by atoms with Gasteiger partial charge in [-0.2, -0.15) is 0 Å². The first-order valence-electron chi connectivity index (χ1n) is 7.60. The lowest BCUT2D eigenvalue weighted by Crippen LogP contribution is -2.32. The summed E-state index contributed by atoms with van der Waals surface area (Å²) in [6.45, 7) is 1.85. The molecule has 0 aliphatic rings. The summed E-state index contributed by atoms with van der Waals surface area (Å²) in [4.78, 5) is 12.4. The highest BCUT2D eigenvalue weighted by molar-refractivity contribution is 5.38. The van der Waals surface area contributed by atoms with Gasteiger partial charge < -0.3 is 5.11 Å². The van der Waals surface area contributed by atoms with Crippen molar-refractivity contribution in [3.8, 4) is 0 Å². The maximum atomic E-state index is 12.4. The Bertz CT molecular complexity index is 809. The summed E-state index contributed by atoms with van der Waals surface area (Å²) in [7, 11) is 1.68. The minimum Gasteiger partial charge on any atom is -0.380 e.